The van der Waals surface area contributed by atoms with E-state index in [0.717, 1.165) is 22.5 Å². The molecule has 3 rings (SSSR count). The lowest BCUT2D eigenvalue weighted by atomic mass is 10.1. The monoisotopic (exact) mass is 375 g/mol. The van der Waals surface area contributed by atoms with Crippen LogP contribution in [-0.2, 0) is 4.74 Å². The molecule has 1 aromatic heterocycles. The van der Waals surface area contributed by atoms with Crippen molar-refractivity contribution in [2.24, 2.45) is 0 Å². The van der Waals surface area contributed by atoms with E-state index < -0.39 is 5.97 Å². The number of amides is 1. The quantitative estimate of drug-likeness (QED) is 0.643. The van der Waals surface area contributed by atoms with Crippen molar-refractivity contribution < 1.29 is 14.3 Å². The molecule has 1 amide bonds. The first-order valence-corrected chi connectivity index (χ1v) is 8.75. The lowest BCUT2D eigenvalue weighted by Crippen LogP contribution is -2.12. The number of aryl methyl sites for hydroxylation is 2. The fraction of sp³-hybridized carbons (Fsp3) is 0.136. The van der Waals surface area contributed by atoms with Gasteiger partial charge in [-0.05, 0) is 67.4 Å². The van der Waals surface area contributed by atoms with Gasteiger partial charge in [0.1, 0.15) is 0 Å². The van der Waals surface area contributed by atoms with Gasteiger partial charge < -0.3 is 15.4 Å². The molecule has 3 aromatic rings. The van der Waals surface area contributed by atoms with Crippen molar-refractivity contribution in [3.05, 3.63) is 83.2 Å². The normalized spacial score (nSPS) is 10.2. The van der Waals surface area contributed by atoms with E-state index in [4.69, 9.17) is 0 Å². The summed E-state index contributed by atoms with van der Waals surface area (Å²) in [5.41, 5.74) is 5.25. The number of pyridine rings is 1. The van der Waals surface area contributed by atoms with Crippen LogP contribution in [-0.4, -0.2) is 24.0 Å². The van der Waals surface area contributed by atoms with E-state index in [1.54, 1.807) is 36.5 Å². The second-order valence-corrected chi connectivity index (χ2v) is 6.49. The van der Waals surface area contributed by atoms with Crippen LogP contribution in [0.25, 0.3) is 0 Å². The largest absolute Gasteiger partial charge is 0.465 e. The number of aromatic nitrogens is 1. The minimum atomic E-state index is -0.390. The molecule has 0 aliphatic rings. The lowest BCUT2D eigenvalue weighted by molar-refractivity contribution is 0.0600. The number of nitrogens with zero attached hydrogens (tertiary/aromatic N) is 1. The Morgan fingerprint density at radius 2 is 1.50 bits per heavy atom. The Balaban J connectivity index is 1.72. The maximum atomic E-state index is 12.6. The molecule has 0 saturated heterocycles. The highest BCUT2D eigenvalue weighted by Gasteiger charge is 2.09. The Kier molecular flexibility index (Phi) is 5.69. The zero-order valence-electron chi connectivity index (χ0n) is 15.9. The molecule has 0 aliphatic heterocycles. The molecule has 2 N–H and O–H groups in total. The SMILES string of the molecule is COC(=O)c1ccc(Nc2cncc(C(=O)Nc3cc(C)cc(C)c3)c2)cc1. The minimum Gasteiger partial charge on any atom is -0.465 e. The van der Waals surface area contributed by atoms with Gasteiger partial charge in [0, 0.05) is 17.6 Å². The summed E-state index contributed by atoms with van der Waals surface area (Å²) in [5, 5.41) is 6.07. The predicted octanol–water partition coefficient (Wildman–Crippen LogP) is 4.48. The first-order valence-electron chi connectivity index (χ1n) is 8.75. The second-order valence-electron chi connectivity index (χ2n) is 6.49. The number of benzene rings is 2. The highest BCUT2D eigenvalue weighted by Crippen LogP contribution is 2.19. The number of esters is 1. The lowest BCUT2D eigenvalue weighted by Gasteiger charge is -2.10. The zero-order chi connectivity index (χ0) is 20.1. The van der Waals surface area contributed by atoms with Gasteiger partial charge in [0.2, 0.25) is 0 Å². The Labute approximate surface area is 163 Å². The van der Waals surface area contributed by atoms with Gasteiger partial charge in [0.15, 0.2) is 0 Å². The molecule has 0 bridgehead atoms. The first-order chi connectivity index (χ1) is 13.4. The number of carbonyl (C=O) groups is 2. The van der Waals surface area contributed by atoms with Crippen molar-refractivity contribution in [3.8, 4) is 0 Å². The second kappa shape index (κ2) is 8.35. The van der Waals surface area contributed by atoms with Gasteiger partial charge in [-0.15, -0.1) is 0 Å². The molecule has 28 heavy (non-hydrogen) atoms. The Hall–Kier alpha value is -3.67. The molecule has 0 spiro atoms. The molecule has 6 nitrogen and oxygen atoms in total. The van der Waals surface area contributed by atoms with Gasteiger partial charge in [-0.1, -0.05) is 6.07 Å². The molecule has 1 heterocycles. The number of anilines is 3. The molecule has 6 heteroatoms. The number of carbonyl (C=O) groups excluding carboxylic acids is 2. The van der Waals surface area contributed by atoms with Gasteiger partial charge in [-0.3, -0.25) is 9.78 Å². The van der Waals surface area contributed by atoms with E-state index in [-0.39, 0.29) is 5.91 Å². The topological polar surface area (TPSA) is 80.3 Å². The van der Waals surface area contributed by atoms with Gasteiger partial charge in [0.25, 0.3) is 5.91 Å². The van der Waals surface area contributed by atoms with Gasteiger partial charge in [0.05, 0.1) is 30.1 Å². The number of nitrogens with one attached hydrogen (secondary N) is 2. The minimum absolute atomic E-state index is 0.234. The summed E-state index contributed by atoms with van der Waals surface area (Å²) < 4.78 is 4.69. The number of ether oxygens (including phenoxy) is 1. The van der Waals surface area contributed by atoms with Crippen LogP contribution >= 0.6 is 0 Å². The molecule has 0 aliphatic carbocycles. The van der Waals surface area contributed by atoms with Crippen molar-refractivity contribution in [2.75, 3.05) is 17.7 Å². The van der Waals surface area contributed by atoms with E-state index in [9.17, 15) is 9.59 Å². The molecule has 0 fully saturated rings. The molecule has 142 valence electrons. The molecule has 0 saturated carbocycles. The van der Waals surface area contributed by atoms with Crippen LogP contribution in [0, 0.1) is 13.8 Å². The average Bonchev–Trinajstić information content (AvgIpc) is 2.67. The van der Waals surface area contributed by atoms with E-state index in [2.05, 4.69) is 20.4 Å². The molecule has 2 aromatic carbocycles. The van der Waals surface area contributed by atoms with Crippen LogP contribution in [0.3, 0.4) is 0 Å². The standard InChI is InChI=1S/C22H21N3O3/c1-14-8-15(2)10-19(9-14)25-21(26)17-11-20(13-23-12-17)24-18-6-4-16(5-7-18)22(27)28-3/h4-13,24H,1-3H3,(H,25,26). The summed E-state index contributed by atoms with van der Waals surface area (Å²) in [6.45, 7) is 3.97. The van der Waals surface area contributed by atoms with Crippen LogP contribution in [0.4, 0.5) is 17.1 Å². The highest BCUT2D eigenvalue weighted by molar-refractivity contribution is 6.04. The Morgan fingerprint density at radius 1 is 0.821 bits per heavy atom. The molecular weight excluding hydrogens is 354 g/mol. The number of hydrogen-bond acceptors (Lipinski definition) is 5. The fourth-order valence-corrected chi connectivity index (χ4v) is 2.86. The summed E-state index contributed by atoms with van der Waals surface area (Å²) in [6, 6.07) is 14.5. The first kappa shape index (κ1) is 19.1. The van der Waals surface area contributed by atoms with Crippen LogP contribution in [0.15, 0.2) is 60.9 Å². The summed E-state index contributed by atoms with van der Waals surface area (Å²) in [7, 11) is 1.34. The Morgan fingerprint density at radius 3 is 2.14 bits per heavy atom. The van der Waals surface area contributed by atoms with E-state index >= 15 is 0 Å². The summed E-state index contributed by atoms with van der Waals surface area (Å²) in [5.74, 6) is -0.625. The smallest absolute Gasteiger partial charge is 0.337 e. The maximum absolute atomic E-state index is 12.6. The maximum Gasteiger partial charge on any atom is 0.337 e. The number of rotatable bonds is 5. The van der Waals surface area contributed by atoms with Crippen molar-refractivity contribution in [1.29, 1.82) is 0 Å². The summed E-state index contributed by atoms with van der Waals surface area (Å²) in [4.78, 5) is 28.2. The van der Waals surface area contributed by atoms with Crippen molar-refractivity contribution in [2.45, 2.75) is 13.8 Å². The molecule has 0 unspecified atom stereocenters. The molecule has 0 radical (unpaired) electrons. The van der Waals surface area contributed by atoms with Crippen LogP contribution in [0.5, 0.6) is 0 Å². The average molecular weight is 375 g/mol. The van der Waals surface area contributed by atoms with Crippen molar-refractivity contribution in [1.82, 2.24) is 4.98 Å². The number of hydrogen-bond donors (Lipinski definition) is 2. The summed E-state index contributed by atoms with van der Waals surface area (Å²) >= 11 is 0. The van der Waals surface area contributed by atoms with Crippen molar-refractivity contribution >= 4 is 28.9 Å². The van der Waals surface area contributed by atoms with Crippen LogP contribution in [0.2, 0.25) is 0 Å². The van der Waals surface area contributed by atoms with Gasteiger partial charge in [-0.2, -0.15) is 0 Å². The molecular formula is C22H21N3O3. The van der Waals surface area contributed by atoms with Crippen LogP contribution in [0.1, 0.15) is 31.8 Å². The predicted molar refractivity (Wildman–Crippen MR) is 109 cm³/mol. The van der Waals surface area contributed by atoms with Gasteiger partial charge >= 0.3 is 5.97 Å². The van der Waals surface area contributed by atoms with E-state index in [1.165, 1.54) is 13.3 Å². The third-order valence-corrected chi connectivity index (χ3v) is 4.07. The van der Waals surface area contributed by atoms with E-state index in [0.29, 0.717) is 16.8 Å². The van der Waals surface area contributed by atoms with Crippen LogP contribution < -0.4 is 10.6 Å². The number of methoxy groups -OCH3 is 1. The Bertz CT molecular complexity index is 994. The summed E-state index contributed by atoms with van der Waals surface area (Å²) in [6.07, 6.45) is 3.14. The third-order valence-electron chi connectivity index (χ3n) is 4.07. The fourth-order valence-electron chi connectivity index (χ4n) is 2.86. The van der Waals surface area contributed by atoms with E-state index in [1.807, 2.05) is 32.0 Å². The third kappa shape index (κ3) is 4.73. The van der Waals surface area contributed by atoms with Gasteiger partial charge in [-0.25, -0.2) is 4.79 Å². The highest BCUT2D eigenvalue weighted by atomic mass is 16.5. The molecule has 0 atom stereocenters. The zero-order valence-corrected chi connectivity index (χ0v) is 15.9. The van der Waals surface area contributed by atoms with Crippen molar-refractivity contribution in [3.63, 3.8) is 0 Å².